The van der Waals surface area contributed by atoms with Gasteiger partial charge in [0.15, 0.2) is 11.4 Å². The van der Waals surface area contributed by atoms with Gasteiger partial charge in [-0.15, -0.1) is 0 Å². The van der Waals surface area contributed by atoms with E-state index in [-0.39, 0.29) is 11.5 Å². The first kappa shape index (κ1) is 16.3. The topological polar surface area (TPSA) is 81.8 Å². The highest BCUT2D eigenvalue weighted by Crippen LogP contribution is 2.45. The molecule has 1 aliphatic carbocycles. The number of carbonyl (C=O) groups is 1. The van der Waals surface area contributed by atoms with Crippen LogP contribution >= 0.6 is 0 Å². The Balaban J connectivity index is 2.37. The molecule has 0 spiro atoms. The van der Waals surface area contributed by atoms with Gasteiger partial charge in [0.2, 0.25) is 5.71 Å². The minimum atomic E-state index is -1.33. The summed E-state index contributed by atoms with van der Waals surface area (Å²) in [6.45, 7) is 3.88. The molecule has 0 aliphatic heterocycles. The van der Waals surface area contributed by atoms with E-state index in [9.17, 15) is 9.90 Å². The van der Waals surface area contributed by atoms with Crippen molar-refractivity contribution in [3.8, 4) is 5.75 Å². The lowest BCUT2D eigenvalue weighted by molar-refractivity contribution is -0.137. The van der Waals surface area contributed by atoms with Gasteiger partial charge in [-0.05, 0) is 19.9 Å². The summed E-state index contributed by atoms with van der Waals surface area (Å²) in [5, 5.41) is 11.0. The number of fused-ring (bicyclic) bond motifs is 2. The molecule has 0 radical (unpaired) electrons. The molecule has 0 aromatic carbocycles. The molecule has 0 fully saturated rings. The van der Waals surface area contributed by atoms with Crippen molar-refractivity contribution in [2.45, 2.75) is 25.9 Å². The highest BCUT2D eigenvalue weighted by atomic mass is 16.5. The van der Waals surface area contributed by atoms with Crippen molar-refractivity contribution < 1.29 is 23.8 Å². The molecule has 24 heavy (non-hydrogen) atoms. The van der Waals surface area contributed by atoms with Crippen molar-refractivity contribution in [3.63, 3.8) is 0 Å². The summed E-state index contributed by atoms with van der Waals surface area (Å²) in [6.07, 6.45) is 4.85. The normalized spacial score (nSPS) is 19.8. The Bertz CT molecular complexity index is 873. The van der Waals surface area contributed by atoms with Gasteiger partial charge in [0.25, 0.3) is 0 Å². The van der Waals surface area contributed by atoms with Crippen LogP contribution in [0.25, 0.3) is 16.9 Å². The zero-order chi connectivity index (χ0) is 17.5. The lowest BCUT2D eigenvalue weighted by Gasteiger charge is -2.33. The van der Waals surface area contributed by atoms with Gasteiger partial charge in [0, 0.05) is 19.6 Å². The number of methoxy groups -OCH3 is 2. The molecule has 6 nitrogen and oxygen atoms in total. The van der Waals surface area contributed by atoms with E-state index in [0.29, 0.717) is 34.5 Å². The minimum absolute atomic E-state index is 0.188. The number of ketones is 1. The van der Waals surface area contributed by atoms with E-state index in [0.717, 1.165) is 5.57 Å². The zero-order valence-corrected chi connectivity index (χ0v) is 14.0. The number of hydrogen-bond donors (Lipinski definition) is 1. The quantitative estimate of drug-likeness (QED) is 0.864. The van der Waals surface area contributed by atoms with Crippen LogP contribution in [0.4, 0.5) is 0 Å². The number of aliphatic hydroxyl groups excluding tert-OH is 1. The molecule has 2 aromatic rings. The van der Waals surface area contributed by atoms with Gasteiger partial charge in [-0.3, -0.25) is 4.79 Å². The number of aliphatic hydroxyl groups is 1. The summed E-state index contributed by atoms with van der Waals surface area (Å²) in [7, 11) is 2.95. The number of pyridine rings is 1. The molecule has 3 rings (SSSR count). The van der Waals surface area contributed by atoms with E-state index < -0.39 is 5.60 Å². The van der Waals surface area contributed by atoms with E-state index in [1.165, 1.54) is 26.6 Å². The van der Waals surface area contributed by atoms with E-state index in [1.54, 1.807) is 6.07 Å². The molecule has 126 valence electrons. The maximum absolute atomic E-state index is 12.7. The molecule has 1 atom stereocenters. The number of carbonyl (C=O) groups excluding carboxylic acids is 1. The Hall–Kier alpha value is -2.60. The fourth-order valence-electron chi connectivity index (χ4n) is 2.96. The lowest BCUT2D eigenvalue weighted by Crippen LogP contribution is -2.41. The molecule has 6 heteroatoms. The van der Waals surface area contributed by atoms with E-state index in [4.69, 9.17) is 13.9 Å². The fourth-order valence-corrected chi connectivity index (χ4v) is 2.96. The standard InChI is InChI=1S/C18H19NO5/c1-10(2)5-7-18(23-4)13(21)9-12(20)14-15(22-3)11-6-8-24-17(11)19-16(14)18/h5-6,8-9,20H,7H2,1-4H3. The average molecular weight is 329 g/mol. The predicted octanol–water partition coefficient (Wildman–Crippen LogP) is 3.52. The fraction of sp³-hybridized carbons (Fsp3) is 0.333. The number of hydrogen-bond acceptors (Lipinski definition) is 6. The molecule has 1 unspecified atom stereocenters. The van der Waals surface area contributed by atoms with E-state index in [1.807, 2.05) is 19.9 Å². The molecule has 2 aromatic heterocycles. The molecule has 1 N–H and O–H groups in total. The second-order valence-corrected chi connectivity index (χ2v) is 5.92. The summed E-state index contributed by atoms with van der Waals surface area (Å²) in [4.78, 5) is 17.2. The summed E-state index contributed by atoms with van der Waals surface area (Å²) in [5.74, 6) is -0.149. The van der Waals surface area contributed by atoms with Crippen molar-refractivity contribution in [1.29, 1.82) is 0 Å². The number of furan rings is 1. The van der Waals surface area contributed by atoms with E-state index >= 15 is 0 Å². The summed E-state index contributed by atoms with van der Waals surface area (Å²) in [5.41, 5.74) is 0.701. The van der Waals surface area contributed by atoms with Gasteiger partial charge < -0.3 is 19.0 Å². The first-order valence-electron chi connectivity index (χ1n) is 7.54. The third kappa shape index (κ3) is 2.22. The summed E-state index contributed by atoms with van der Waals surface area (Å²) >= 11 is 0. The van der Waals surface area contributed by atoms with Crippen molar-refractivity contribution in [3.05, 3.63) is 41.3 Å². The third-order valence-corrected chi connectivity index (χ3v) is 4.22. The first-order chi connectivity index (χ1) is 11.4. The molecular weight excluding hydrogens is 310 g/mol. The van der Waals surface area contributed by atoms with Gasteiger partial charge in [0.05, 0.1) is 30.0 Å². The van der Waals surface area contributed by atoms with Gasteiger partial charge in [-0.25, -0.2) is 4.98 Å². The largest absolute Gasteiger partial charge is 0.507 e. The predicted molar refractivity (Wildman–Crippen MR) is 88.9 cm³/mol. The number of aromatic nitrogens is 1. The van der Waals surface area contributed by atoms with Gasteiger partial charge in [0.1, 0.15) is 11.5 Å². The number of rotatable bonds is 4. The van der Waals surface area contributed by atoms with Crippen molar-refractivity contribution in [2.75, 3.05) is 14.2 Å². The number of allylic oxidation sites excluding steroid dienone is 1. The maximum Gasteiger partial charge on any atom is 0.229 e. The second kappa shape index (κ2) is 5.79. The van der Waals surface area contributed by atoms with Gasteiger partial charge in [-0.2, -0.15) is 0 Å². The monoisotopic (exact) mass is 329 g/mol. The Morgan fingerprint density at radius 3 is 2.79 bits per heavy atom. The van der Waals surface area contributed by atoms with Crippen molar-refractivity contribution >= 4 is 22.6 Å². The van der Waals surface area contributed by atoms with Crippen LogP contribution in [0.15, 0.2) is 34.5 Å². The average Bonchev–Trinajstić information content (AvgIpc) is 3.01. The zero-order valence-electron chi connectivity index (χ0n) is 14.0. The van der Waals surface area contributed by atoms with Crippen LogP contribution in [-0.4, -0.2) is 30.1 Å². The smallest absolute Gasteiger partial charge is 0.229 e. The number of nitrogens with zero attached hydrogens (tertiary/aromatic N) is 1. The van der Waals surface area contributed by atoms with Gasteiger partial charge >= 0.3 is 0 Å². The Morgan fingerprint density at radius 2 is 2.17 bits per heavy atom. The Morgan fingerprint density at radius 1 is 1.42 bits per heavy atom. The Kier molecular flexibility index (Phi) is 3.93. The molecule has 0 bridgehead atoms. The SMILES string of the molecule is COc1c2c(nc3occc13)C(CC=C(C)C)(OC)C(=O)C=C2O. The maximum atomic E-state index is 12.7. The molecular formula is C18H19NO5. The van der Waals surface area contributed by atoms with Crippen LogP contribution < -0.4 is 4.74 Å². The van der Waals surface area contributed by atoms with Gasteiger partial charge in [-0.1, -0.05) is 11.6 Å². The van der Waals surface area contributed by atoms with Crippen LogP contribution in [0.5, 0.6) is 5.75 Å². The summed E-state index contributed by atoms with van der Waals surface area (Å²) < 4.78 is 16.5. The minimum Gasteiger partial charge on any atom is -0.507 e. The van der Waals surface area contributed by atoms with Crippen LogP contribution in [0.2, 0.25) is 0 Å². The highest BCUT2D eigenvalue weighted by molar-refractivity contribution is 6.07. The number of ether oxygens (including phenoxy) is 2. The molecule has 2 heterocycles. The molecule has 1 aliphatic rings. The molecule has 0 saturated heterocycles. The molecule has 0 saturated carbocycles. The Labute approximate surface area is 139 Å². The van der Waals surface area contributed by atoms with E-state index in [2.05, 4.69) is 4.98 Å². The van der Waals surface area contributed by atoms with Crippen LogP contribution in [0, 0.1) is 0 Å². The molecule has 0 amide bonds. The first-order valence-corrected chi connectivity index (χ1v) is 7.54. The summed E-state index contributed by atoms with van der Waals surface area (Å²) in [6, 6.07) is 1.70. The van der Waals surface area contributed by atoms with Crippen molar-refractivity contribution in [2.24, 2.45) is 0 Å². The van der Waals surface area contributed by atoms with Crippen LogP contribution in [0.1, 0.15) is 31.5 Å². The van der Waals surface area contributed by atoms with Crippen molar-refractivity contribution in [1.82, 2.24) is 4.98 Å². The highest BCUT2D eigenvalue weighted by Gasteiger charge is 2.47. The lowest BCUT2D eigenvalue weighted by atomic mass is 9.81. The second-order valence-electron chi connectivity index (χ2n) is 5.92. The third-order valence-electron chi connectivity index (χ3n) is 4.22. The van der Waals surface area contributed by atoms with Crippen LogP contribution in [0.3, 0.4) is 0 Å². The van der Waals surface area contributed by atoms with Crippen LogP contribution in [-0.2, 0) is 15.1 Å².